The van der Waals surface area contributed by atoms with Crippen molar-refractivity contribution in [1.82, 2.24) is 4.98 Å². The van der Waals surface area contributed by atoms with E-state index in [0.29, 0.717) is 16.9 Å². The molecule has 1 aromatic carbocycles. The summed E-state index contributed by atoms with van der Waals surface area (Å²) in [7, 11) is 0. The fraction of sp³-hybridized carbons (Fsp3) is 0.182. The van der Waals surface area contributed by atoms with Gasteiger partial charge in [0, 0.05) is 11.1 Å². The maximum Gasteiger partial charge on any atom is 0.443 e. The molecule has 1 unspecified atom stereocenters. The fourth-order valence-corrected chi connectivity index (χ4v) is 2.64. The number of hydrogen-bond acceptors (Lipinski definition) is 3. The lowest BCUT2D eigenvalue weighted by atomic mass is 10.1. The Morgan fingerprint density at radius 1 is 1.32 bits per heavy atom. The van der Waals surface area contributed by atoms with Gasteiger partial charge in [0.2, 0.25) is 0 Å². The molecule has 0 saturated carbocycles. The van der Waals surface area contributed by atoms with Gasteiger partial charge in [0.1, 0.15) is 5.82 Å². The Morgan fingerprint density at radius 3 is 2.53 bits per heavy atom. The molecule has 0 amide bonds. The highest BCUT2D eigenvalue weighted by Gasteiger charge is 2.35. The van der Waals surface area contributed by atoms with Crippen LogP contribution in [0.15, 0.2) is 28.9 Å². The Balaban J connectivity index is 2.31. The average molecular weight is 355 g/mol. The first kappa shape index (κ1) is 14.4. The average Bonchev–Trinajstić information content (AvgIpc) is 2.81. The summed E-state index contributed by atoms with van der Waals surface area (Å²) in [4.78, 5) is 3.57. The van der Waals surface area contributed by atoms with Crippen LogP contribution in [0.3, 0.4) is 0 Å². The van der Waals surface area contributed by atoms with Gasteiger partial charge in [-0.05, 0) is 33.6 Å². The van der Waals surface area contributed by atoms with Crippen molar-refractivity contribution < 1.29 is 17.6 Å². The zero-order valence-corrected chi connectivity index (χ0v) is 11.6. The molecule has 1 atom stereocenters. The van der Waals surface area contributed by atoms with Gasteiger partial charge in [-0.15, -0.1) is 11.3 Å². The summed E-state index contributed by atoms with van der Waals surface area (Å²) in [6.07, 6.45) is -3.39. The Bertz CT molecular complexity index is 597. The molecule has 1 heterocycles. The Morgan fingerprint density at radius 2 is 2.00 bits per heavy atom. The monoisotopic (exact) mass is 354 g/mol. The lowest BCUT2D eigenvalue weighted by Gasteiger charge is -2.10. The van der Waals surface area contributed by atoms with Crippen LogP contribution in [0.2, 0.25) is 0 Å². The molecule has 2 aromatic rings. The normalized spacial score (nSPS) is 13.6. The zero-order valence-electron chi connectivity index (χ0n) is 9.21. The van der Waals surface area contributed by atoms with Gasteiger partial charge in [-0.3, -0.25) is 0 Å². The van der Waals surface area contributed by atoms with Crippen LogP contribution in [-0.2, 0) is 6.18 Å². The molecular weight excluding hydrogens is 348 g/mol. The van der Waals surface area contributed by atoms with Crippen molar-refractivity contribution in [2.75, 3.05) is 0 Å². The van der Waals surface area contributed by atoms with Gasteiger partial charge in [-0.2, -0.15) is 13.2 Å². The highest BCUT2D eigenvalue weighted by molar-refractivity contribution is 9.10. The quantitative estimate of drug-likeness (QED) is 0.824. The second-order valence-electron chi connectivity index (χ2n) is 3.72. The predicted octanol–water partition coefficient (Wildman–Crippen LogP) is 4.11. The van der Waals surface area contributed by atoms with E-state index >= 15 is 0 Å². The molecule has 0 bridgehead atoms. The van der Waals surface area contributed by atoms with Crippen molar-refractivity contribution in [3.63, 3.8) is 0 Å². The van der Waals surface area contributed by atoms with Crippen LogP contribution in [0.5, 0.6) is 0 Å². The number of thiazole rings is 1. The highest BCUT2D eigenvalue weighted by atomic mass is 79.9. The van der Waals surface area contributed by atoms with Gasteiger partial charge in [-0.25, -0.2) is 9.37 Å². The molecule has 102 valence electrons. The van der Waals surface area contributed by atoms with Gasteiger partial charge in [0.25, 0.3) is 0 Å². The van der Waals surface area contributed by atoms with Crippen LogP contribution in [-0.4, -0.2) is 4.98 Å². The van der Waals surface area contributed by atoms with Crippen molar-refractivity contribution in [3.05, 3.63) is 50.1 Å². The SMILES string of the molecule is NC(c1ccc(F)c(Br)c1)c1cnc(C(F)(F)F)s1. The number of aromatic nitrogens is 1. The Labute approximate surface area is 118 Å². The third kappa shape index (κ3) is 3.13. The third-order valence-corrected chi connectivity index (χ3v) is 4.11. The zero-order chi connectivity index (χ0) is 14.2. The van der Waals surface area contributed by atoms with Crippen molar-refractivity contribution in [1.29, 1.82) is 0 Å². The Kier molecular flexibility index (Phi) is 3.93. The number of benzene rings is 1. The summed E-state index contributed by atoms with van der Waals surface area (Å²) < 4.78 is 50.6. The van der Waals surface area contributed by atoms with Gasteiger partial charge in [-0.1, -0.05) is 6.07 Å². The molecule has 0 aliphatic heterocycles. The Hall–Kier alpha value is -0.990. The molecule has 2 N–H and O–H groups in total. The van der Waals surface area contributed by atoms with E-state index in [1.165, 1.54) is 18.2 Å². The number of rotatable bonds is 2. The molecule has 0 aliphatic carbocycles. The molecule has 2 rings (SSSR count). The molecule has 0 fully saturated rings. The molecule has 0 aliphatic rings. The van der Waals surface area contributed by atoms with Crippen LogP contribution < -0.4 is 5.73 Å². The maximum absolute atomic E-state index is 13.1. The number of halogens is 5. The molecule has 0 spiro atoms. The molecule has 8 heteroatoms. The summed E-state index contributed by atoms with van der Waals surface area (Å²) in [6, 6.07) is 3.29. The van der Waals surface area contributed by atoms with Gasteiger partial charge in [0.15, 0.2) is 5.01 Å². The van der Waals surface area contributed by atoms with E-state index in [-0.39, 0.29) is 9.35 Å². The molecule has 0 saturated heterocycles. The topological polar surface area (TPSA) is 38.9 Å². The first-order chi connectivity index (χ1) is 8.79. The van der Waals surface area contributed by atoms with Crippen LogP contribution in [0.1, 0.15) is 21.5 Å². The van der Waals surface area contributed by atoms with Crippen molar-refractivity contribution >= 4 is 27.3 Å². The largest absolute Gasteiger partial charge is 0.443 e. The predicted molar refractivity (Wildman–Crippen MR) is 67.2 cm³/mol. The molecular formula is C11H7BrF4N2S. The molecule has 19 heavy (non-hydrogen) atoms. The number of nitrogens with two attached hydrogens (primary N) is 1. The lowest BCUT2D eigenvalue weighted by Crippen LogP contribution is -2.10. The van der Waals surface area contributed by atoms with E-state index < -0.39 is 23.0 Å². The van der Waals surface area contributed by atoms with Crippen LogP contribution in [0.4, 0.5) is 17.6 Å². The van der Waals surface area contributed by atoms with E-state index in [0.717, 1.165) is 6.20 Å². The fourth-order valence-electron chi connectivity index (χ4n) is 1.43. The van der Waals surface area contributed by atoms with Crippen LogP contribution >= 0.6 is 27.3 Å². The van der Waals surface area contributed by atoms with Gasteiger partial charge < -0.3 is 5.73 Å². The number of alkyl halides is 3. The molecule has 2 nitrogen and oxygen atoms in total. The van der Waals surface area contributed by atoms with Gasteiger partial charge >= 0.3 is 6.18 Å². The molecule has 1 aromatic heterocycles. The first-order valence-corrected chi connectivity index (χ1v) is 6.63. The van der Waals surface area contributed by atoms with Crippen molar-refractivity contribution in [2.24, 2.45) is 5.73 Å². The van der Waals surface area contributed by atoms with Crippen molar-refractivity contribution in [2.45, 2.75) is 12.2 Å². The summed E-state index contributed by atoms with van der Waals surface area (Å²) in [5.41, 5.74) is 6.36. The molecule has 0 radical (unpaired) electrons. The first-order valence-electron chi connectivity index (χ1n) is 5.02. The van der Waals surface area contributed by atoms with E-state index in [2.05, 4.69) is 20.9 Å². The highest BCUT2D eigenvalue weighted by Crippen LogP contribution is 2.35. The van der Waals surface area contributed by atoms with Gasteiger partial charge in [0.05, 0.1) is 10.5 Å². The second kappa shape index (κ2) is 5.18. The van der Waals surface area contributed by atoms with E-state index in [1.54, 1.807) is 0 Å². The minimum atomic E-state index is -4.48. The minimum absolute atomic E-state index is 0.209. The number of hydrogen-bond donors (Lipinski definition) is 1. The second-order valence-corrected chi connectivity index (χ2v) is 5.63. The third-order valence-electron chi connectivity index (χ3n) is 2.38. The maximum atomic E-state index is 13.1. The standard InChI is InChI=1S/C11H7BrF4N2S/c12-6-3-5(1-2-7(6)13)9(17)8-4-18-10(19-8)11(14,15)16/h1-4,9H,17H2. The summed E-state index contributed by atoms with van der Waals surface area (Å²) in [5.74, 6) is -0.462. The summed E-state index contributed by atoms with van der Waals surface area (Å²) >= 11 is 3.48. The van der Waals surface area contributed by atoms with Crippen molar-refractivity contribution in [3.8, 4) is 0 Å². The number of nitrogens with zero attached hydrogens (tertiary/aromatic N) is 1. The van der Waals surface area contributed by atoms with Crippen LogP contribution in [0, 0.1) is 5.82 Å². The smallest absolute Gasteiger partial charge is 0.320 e. The van der Waals surface area contributed by atoms with E-state index in [9.17, 15) is 17.6 Å². The van der Waals surface area contributed by atoms with Crippen LogP contribution in [0.25, 0.3) is 0 Å². The van der Waals surface area contributed by atoms with E-state index in [4.69, 9.17) is 5.73 Å². The summed E-state index contributed by atoms with van der Waals surface area (Å²) in [5, 5.41) is -0.945. The summed E-state index contributed by atoms with van der Waals surface area (Å²) in [6.45, 7) is 0. The van der Waals surface area contributed by atoms with E-state index in [1.807, 2.05) is 0 Å². The minimum Gasteiger partial charge on any atom is -0.320 e. The lowest BCUT2D eigenvalue weighted by molar-refractivity contribution is -0.137.